The molecule has 0 rings (SSSR count). The lowest BCUT2D eigenvalue weighted by atomic mass is 11.6. The summed E-state index contributed by atoms with van der Waals surface area (Å²) in [5.74, 6) is 0. The van der Waals surface area contributed by atoms with Crippen molar-refractivity contribution in [2.75, 3.05) is 76.2 Å². The third-order valence-corrected chi connectivity index (χ3v) is 10.8. The predicted octanol–water partition coefficient (Wildman–Crippen LogP) is -6.41. The van der Waals surface area contributed by atoms with E-state index in [1.165, 1.54) is 0 Å². The van der Waals surface area contributed by atoms with E-state index in [4.69, 9.17) is 80.5 Å². The van der Waals surface area contributed by atoms with Gasteiger partial charge in [0, 0.05) is 0 Å². The molecule has 0 aromatic rings. The van der Waals surface area contributed by atoms with Crippen LogP contribution in [-0.2, 0) is 4.57 Å². The number of rotatable bonds is 12. The molecule has 0 saturated carbocycles. The molecule has 16 nitrogen and oxygen atoms in total. The van der Waals surface area contributed by atoms with Crippen molar-refractivity contribution in [3.05, 3.63) is 0 Å². The second kappa shape index (κ2) is 22.4. The van der Waals surface area contributed by atoms with Crippen LogP contribution in [0.4, 0.5) is 0 Å². The molecule has 0 aromatic heterocycles. The molecule has 0 aliphatic rings. The maximum Gasteiger partial charge on any atom is 0.161 e. The number of aliphatic hydroxyl groups excluding tert-OH is 12. The van der Waals surface area contributed by atoms with Crippen LogP contribution in [0, 0.1) is 0 Å². The first-order chi connectivity index (χ1) is 14.7. The van der Waals surface area contributed by atoms with E-state index < -0.39 is 29.6 Å². The third kappa shape index (κ3) is 20.3. The van der Waals surface area contributed by atoms with Crippen molar-refractivity contribution in [3.8, 4) is 0 Å². The lowest BCUT2D eigenvalue weighted by Crippen LogP contribution is -2.24. The summed E-state index contributed by atoms with van der Waals surface area (Å²) in [4.78, 5) is 25.6. The summed E-state index contributed by atoms with van der Waals surface area (Å²) in [6.07, 6.45) is -3.54. The van der Waals surface area contributed by atoms with Gasteiger partial charge in [0.05, 0.1) is 0 Å². The fourth-order valence-corrected chi connectivity index (χ4v) is 2.41. The topological polar surface area (TPSA) is 329 Å². The van der Waals surface area contributed by atoms with Gasteiger partial charge in [0.2, 0.25) is 0 Å². The summed E-state index contributed by atoms with van der Waals surface area (Å²) in [6.45, 7) is 0. The molecule has 0 aliphatic heterocycles. The lowest BCUT2D eigenvalue weighted by Gasteiger charge is -2.36. The minimum atomic E-state index is -5.39. The Kier molecular flexibility index (Phi) is 28.1. The van der Waals surface area contributed by atoms with E-state index >= 15 is 0 Å². The molecule has 0 saturated heterocycles. The summed E-state index contributed by atoms with van der Waals surface area (Å²) >= 11 is 0. The first-order valence-electron chi connectivity index (χ1n) is 8.32. The average Bonchev–Trinajstić information content (AvgIpc) is 2.80. The lowest BCUT2D eigenvalue weighted by molar-refractivity contribution is -0.432. The van der Waals surface area contributed by atoms with Crippen LogP contribution >= 0.6 is 29.6 Å². The van der Waals surface area contributed by atoms with Gasteiger partial charge in [-0.3, -0.25) is 0 Å². The number of phosphoric acid groups is 1. The van der Waals surface area contributed by atoms with Crippen molar-refractivity contribution in [2.24, 2.45) is 0 Å². The van der Waals surface area contributed by atoms with Crippen LogP contribution in [0.1, 0.15) is 0 Å². The van der Waals surface area contributed by atoms with Crippen molar-refractivity contribution in [1.29, 1.82) is 0 Å². The molecular weight excluding hydrogens is 524 g/mol. The van der Waals surface area contributed by atoms with E-state index in [0.29, 0.717) is 0 Å². The highest BCUT2D eigenvalue weighted by molar-refractivity contribution is 7.75. The molecule has 12 N–H and O–H groups in total. The quantitative estimate of drug-likeness (QED) is 0.0987. The third-order valence-electron chi connectivity index (χ3n) is 3.60. The molecule has 0 aromatic carbocycles. The summed E-state index contributed by atoms with van der Waals surface area (Å²) in [6, 6.07) is 0. The maximum absolute atomic E-state index is 8.55. The fourth-order valence-electron chi connectivity index (χ4n) is 0.805. The van der Waals surface area contributed by atoms with Gasteiger partial charge < -0.3 is 80.5 Å². The van der Waals surface area contributed by atoms with Crippen LogP contribution in [0.3, 0.4) is 0 Å². The molecule has 0 atom stereocenters. The Labute approximate surface area is 186 Å². The Morgan fingerprint density at radius 2 is 0.438 bits per heavy atom. The number of aliphatic hydroxyl groups is 12. The van der Waals surface area contributed by atoms with Gasteiger partial charge in [0.25, 0.3) is 0 Å². The zero-order valence-corrected chi connectivity index (χ0v) is 20.9. The van der Waals surface area contributed by atoms with Gasteiger partial charge in [-0.05, 0) is 0 Å². The monoisotopic (exact) mass is 560 g/mol. The number of hydrogen-bond acceptors (Lipinski definition) is 16. The molecule has 0 amide bonds. The molecule has 20 heteroatoms. The maximum atomic E-state index is 8.55. The highest BCUT2D eigenvalue weighted by Gasteiger charge is 2.35. The van der Waals surface area contributed by atoms with Crippen LogP contribution < -0.4 is 14.7 Å². The van der Waals surface area contributed by atoms with E-state index in [1.807, 2.05) is 0 Å². The Morgan fingerprint density at radius 3 is 0.438 bits per heavy atom. The molecule has 0 bridgehead atoms. The zero-order valence-electron chi connectivity index (χ0n) is 17.3. The normalized spacial score (nSPS) is 12.0. The van der Waals surface area contributed by atoms with Gasteiger partial charge in [0.1, 0.15) is 21.8 Å². The van der Waals surface area contributed by atoms with Gasteiger partial charge >= 0.3 is 0 Å². The molecule has 0 radical (unpaired) electrons. The Bertz CT molecular complexity index is 332. The Hall–Kier alpha value is 0.920. The van der Waals surface area contributed by atoms with Crippen LogP contribution in [0.2, 0.25) is 0 Å². The predicted molar refractivity (Wildman–Crippen MR) is 113 cm³/mol. The summed E-state index contributed by atoms with van der Waals surface area (Å²) in [7, 11) is -12.0. The smallest absolute Gasteiger partial charge is 0.161 e. The highest BCUT2D eigenvalue weighted by atomic mass is 31.2. The Balaban J connectivity index is -0.000000167. The second-order valence-electron chi connectivity index (χ2n) is 6.17. The van der Waals surface area contributed by atoms with Crippen molar-refractivity contribution >= 4 is 29.6 Å². The molecule has 0 spiro atoms. The first-order valence-corrected chi connectivity index (χ1v) is 17.4. The average molecular weight is 560 g/mol. The largest absolute Gasteiger partial charge is 0.822 e. The summed E-state index contributed by atoms with van der Waals surface area (Å²) in [5.41, 5.74) is 0. The van der Waals surface area contributed by atoms with Gasteiger partial charge in [-0.2, -0.15) is 7.82 Å². The van der Waals surface area contributed by atoms with Crippen LogP contribution in [0.15, 0.2) is 0 Å². The van der Waals surface area contributed by atoms with Gasteiger partial charge in [-0.1, -0.05) is 0 Å². The van der Waals surface area contributed by atoms with Gasteiger partial charge in [-0.25, -0.2) is 0 Å². The van der Waals surface area contributed by atoms with Gasteiger partial charge in [0.15, 0.2) is 76.2 Å². The standard InChI is InChI=1S/3C4H12O4P.H3O4P/c3*5-1-9(2-6,3-7)4-8;1-5(2,3)4/h3*5-8H,1-4H2;(H3,1,2,3,4)/q3*+1;/p-3. The minimum Gasteiger partial charge on any atom is -0.822 e. The van der Waals surface area contributed by atoms with Crippen molar-refractivity contribution in [2.45, 2.75) is 0 Å². The SMILES string of the molecule is O=P([O-])([O-])[O-].OC[P+](CO)(CO)CO.OC[P+](CO)(CO)CO.OC[P+](CO)(CO)CO. The second-order valence-corrected chi connectivity index (χ2v) is 18.5. The minimum absolute atomic E-state index is 0.295. The Morgan fingerprint density at radius 1 is 0.375 bits per heavy atom. The van der Waals surface area contributed by atoms with Crippen molar-refractivity contribution in [3.63, 3.8) is 0 Å². The molecular formula is C12H36O16P4. The van der Waals surface area contributed by atoms with E-state index in [9.17, 15) is 0 Å². The van der Waals surface area contributed by atoms with E-state index in [1.54, 1.807) is 0 Å². The van der Waals surface area contributed by atoms with E-state index in [2.05, 4.69) is 0 Å². The van der Waals surface area contributed by atoms with E-state index in [0.717, 1.165) is 0 Å². The summed E-state index contributed by atoms with van der Waals surface area (Å²) in [5, 5.41) is 103. The van der Waals surface area contributed by atoms with Crippen LogP contribution in [0.25, 0.3) is 0 Å². The van der Waals surface area contributed by atoms with Crippen LogP contribution in [-0.4, -0.2) is 137 Å². The molecule has 0 heterocycles. The number of hydrogen-bond donors (Lipinski definition) is 12. The fraction of sp³-hybridized carbons (Fsp3) is 1.00. The molecule has 0 unspecified atom stereocenters. The molecule has 0 fully saturated rings. The molecule has 200 valence electrons. The summed E-state index contributed by atoms with van der Waals surface area (Å²) < 4.78 is 8.55. The van der Waals surface area contributed by atoms with E-state index in [-0.39, 0.29) is 76.2 Å². The van der Waals surface area contributed by atoms with Crippen molar-refractivity contribution in [1.82, 2.24) is 0 Å². The zero-order chi connectivity index (χ0) is 26.5. The molecule has 32 heavy (non-hydrogen) atoms. The molecule has 0 aliphatic carbocycles. The van der Waals surface area contributed by atoms with Crippen LogP contribution in [0.5, 0.6) is 0 Å². The van der Waals surface area contributed by atoms with Gasteiger partial charge in [-0.15, -0.1) is 0 Å². The first kappa shape index (κ1) is 40.1. The van der Waals surface area contributed by atoms with Crippen molar-refractivity contribution < 1.29 is 80.5 Å². The highest BCUT2D eigenvalue weighted by Crippen LogP contribution is 2.55.